The predicted molar refractivity (Wildman–Crippen MR) is 54.1 cm³/mol. The van der Waals surface area contributed by atoms with E-state index >= 15 is 0 Å². The summed E-state index contributed by atoms with van der Waals surface area (Å²) in [5.41, 5.74) is 0.551. The average molecular weight is 272 g/mol. The summed E-state index contributed by atoms with van der Waals surface area (Å²) in [5.74, 6) is 0. The van der Waals surface area contributed by atoms with Crippen LogP contribution in [0.5, 0.6) is 0 Å². The SMILES string of the molecule is Cc1ccccc1S(=O)(=O)O.OCC(F)(F)F. The lowest BCUT2D eigenvalue weighted by molar-refractivity contribution is -0.159. The van der Waals surface area contributed by atoms with Gasteiger partial charge in [-0.2, -0.15) is 21.6 Å². The van der Waals surface area contributed by atoms with Gasteiger partial charge in [-0.15, -0.1) is 0 Å². The first kappa shape index (κ1) is 15.9. The molecule has 0 unspecified atom stereocenters. The van der Waals surface area contributed by atoms with Crippen LogP contribution in [0.1, 0.15) is 5.56 Å². The minimum absolute atomic E-state index is 0.0278. The molecular formula is C9H11F3O4S. The second-order valence-corrected chi connectivity index (χ2v) is 4.40. The normalized spacial score (nSPS) is 11.6. The van der Waals surface area contributed by atoms with Gasteiger partial charge in [-0.1, -0.05) is 18.2 Å². The molecule has 0 aliphatic heterocycles. The number of hydrogen-bond acceptors (Lipinski definition) is 3. The molecule has 0 bridgehead atoms. The lowest BCUT2D eigenvalue weighted by Crippen LogP contribution is -2.12. The predicted octanol–water partition coefficient (Wildman–Crippen LogP) is 1.78. The highest BCUT2D eigenvalue weighted by Crippen LogP contribution is 2.12. The van der Waals surface area contributed by atoms with E-state index in [1.165, 1.54) is 6.07 Å². The molecule has 0 fully saturated rings. The number of halogens is 3. The summed E-state index contributed by atoms with van der Waals surface area (Å²) >= 11 is 0. The molecule has 0 heterocycles. The summed E-state index contributed by atoms with van der Waals surface area (Å²) < 4.78 is 61.5. The fourth-order valence-corrected chi connectivity index (χ4v) is 1.57. The summed E-state index contributed by atoms with van der Waals surface area (Å²) in [6, 6.07) is 6.27. The Morgan fingerprint density at radius 2 is 1.65 bits per heavy atom. The van der Waals surface area contributed by atoms with Gasteiger partial charge >= 0.3 is 6.18 Å². The van der Waals surface area contributed by atoms with E-state index in [2.05, 4.69) is 0 Å². The monoisotopic (exact) mass is 272 g/mol. The summed E-state index contributed by atoms with van der Waals surface area (Å²) in [6.07, 6.45) is -4.40. The van der Waals surface area contributed by atoms with Gasteiger partial charge in [0.2, 0.25) is 0 Å². The maximum absolute atomic E-state index is 10.6. The van der Waals surface area contributed by atoms with Gasteiger partial charge in [0.1, 0.15) is 6.61 Å². The lowest BCUT2D eigenvalue weighted by Gasteiger charge is -1.99. The number of aliphatic hydroxyl groups is 1. The highest BCUT2D eigenvalue weighted by molar-refractivity contribution is 7.85. The molecule has 4 nitrogen and oxygen atoms in total. The van der Waals surface area contributed by atoms with E-state index in [0.717, 1.165) is 0 Å². The molecule has 0 radical (unpaired) electrons. The fraction of sp³-hybridized carbons (Fsp3) is 0.333. The van der Waals surface area contributed by atoms with Gasteiger partial charge in [0.05, 0.1) is 4.90 Å². The van der Waals surface area contributed by atoms with Crippen LogP contribution in [0.15, 0.2) is 29.2 Å². The minimum atomic E-state index is -4.40. The van der Waals surface area contributed by atoms with E-state index < -0.39 is 22.9 Å². The van der Waals surface area contributed by atoms with Crippen molar-refractivity contribution in [2.24, 2.45) is 0 Å². The maximum Gasteiger partial charge on any atom is 0.411 e. The Morgan fingerprint density at radius 3 is 1.88 bits per heavy atom. The third-order valence-electron chi connectivity index (χ3n) is 1.55. The van der Waals surface area contributed by atoms with E-state index in [-0.39, 0.29) is 4.90 Å². The van der Waals surface area contributed by atoms with Crippen LogP contribution in [0, 0.1) is 6.92 Å². The van der Waals surface area contributed by atoms with Crippen molar-refractivity contribution in [3.8, 4) is 0 Å². The first-order chi connectivity index (χ1) is 7.58. The second-order valence-electron chi connectivity index (χ2n) is 3.01. The van der Waals surface area contributed by atoms with Gasteiger partial charge in [0.15, 0.2) is 0 Å². The molecule has 98 valence electrons. The molecule has 0 saturated carbocycles. The Labute approximate surface area is 96.5 Å². The molecule has 17 heavy (non-hydrogen) atoms. The molecule has 1 aromatic rings. The molecule has 0 aliphatic carbocycles. The smallest absolute Gasteiger partial charge is 0.387 e. The van der Waals surface area contributed by atoms with Crippen LogP contribution >= 0.6 is 0 Å². The molecule has 2 N–H and O–H groups in total. The van der Waals surface area contributed by atoms with Crippen LogP contribution < -0.4 is 0 Å². The molecule has 0 saturated heterocycles. The maximum atomic E-state index is 10.6. The van der Waals surface area contributed by atoms with Crippen molar-refractivity contribution in [2.75, 3.05) is 6.61 Å². The summed E-state index contributed by atoms with van der Waals surface area (Å²) in [5, 5.41) is 7.28. The Balaban J connectivity index is 0.000000366. The minimum Gasteiger partial charge on any atom is -0.387 e. The van der Waals surface area contributed by atoms with Crippen molar-refractivity contribution in [2.45, 2.75) is 18.0 Å². The summed E-state index contributed by atoms with van der Waals surface area (Å²) in [4.78, 5) is -0.0278. The molecule has 0 atom stereocenters. The van der Waals surface area contributed by atoms with E-state index in [1.54, 1.807) is 25.1 Å². The Bertz CT molecular complexity index is 454. The van der Waals surface area contributed by atoms with Crippen molar-refractivity contribution in [1.29, 1.82) is 0 Å². The lowest BCUT2D eigenvalue weighted by atomic mass is 10.2. The quantitative estimate of drug-likeness (QED) is 0.764. The van der Waals surface area contributed by atoms with E-state index in [0.29, 0.717) is 5.56 Å². The Kier molecular flexibility index (Phi) is 5.59. The van der Waals surface area contributed by atoms with Crippen molar-refractivity contribution in [3.63, 3.8) is 0 Å². The van der Waals surface area contributed by atoms with Gasteiger partial charge in [-0.25, -0.2) is 0 Å². The fourth-order valence-electron chi connectivity index (χ4n) is 0.846. The first-order valence-corrected chi connectivity index (χ1v) is 5.72. The van der Waals surface area contributed by atoms with Crippen LogP contribution in [-0.2, 0) is 10.1 Å². The number of rotatable bonds is 1. The highest BCUT2D eigenvalue weighted by Gasteiger charge is 2.24. The molecule has 1 rings (SSSR count). The van der Waals surface area contributed by atoms with Gasteiger partial charge in [-0.3, -0.25) is 4.55 Å². The molecule has 8 heteroatoms. The van der Waals surface area contributed by atoms with E-state index in [1.807, 2.05) is 0 Å². The summed E-state index contributed by atoms with van der Waals surface area (Å²) in [6.45, 7) is -0.101. The third kappa shape index (κ3) is 6.93. The van der Waals surface area contributed by atoms with Crippen LogP contribution in [0.4, 0.5) is 13.2 Å². The zero-order valence-electron chi connectivity index (χ0n) is 8.77. The van der Waals surface area contributed by atoms with E-state index in [4.69, 9.17) is 9.66 Å². The van der Waals surface area contributed by atoms with Crippen molar-refractivity contribution >= 4 is 10.1 Å². The number of hydrogen-bond donors (Lipinski definition) is 2. The Hall–Kier alpha value is -1.12. The van der Waals surface area contributed by atoms with Gasteiger partial charge in [0, 0.05) is 0 Å². The van der Waals surface area contributed by atoms with Crippen molar-refractivity contribution in [1.82, 2.24) is 0 Å². The largest absolute Gasteiger partial charge is 0.411 e. The average Bonchev–Trinajstić information content (AvgIpc) is 2.16. The number of aryl methyl sites for hydroxylation is 1. The number of aliphatic hydroxyl groups excluding tert-OH is 1. The van der Waals surface area contributed by atoms with Crippen LogP contribution in [0.2, 0.25) is 0 Å². The topological polar surface area (TPSA) is 74.6 Å². The highest BCUT2D eigenvalue weighted by atomic mass is 32.2. The first-order valence-electron chi connectivity index (χ1n) is 4.28. The standard InChI is InChI=1S/C7H8O3S.C2H3F3O/c1-6-4-2-3-5-7(6)11(8,9)10;3-2(4,5)1-6/h2-5H,1H3,(H,8,9,10);6H,1H2. The molecule has 0 aliphatic rings. The second kappa shape index (κ2) is 5.99. The summed E-state index contributed by atoms with van der Waals surface area (Å²) in [7, 11) is -4.03. The third-order valence-corrected chi connectivity index (χ3v) is 2.56. The molecule has 0 spiro atoms. The van der Waals surface area contributed by atoms with Crippen molar-refractivity contribution < 1.29 is 31.2 Å². The molecule has 0 amide bonds. The van der Waals surface area contributed by atoms with Crippen LogP contribution in [0.3, 0.4) is 0 Å². The number of alkyl halides is 3. The van der Waals surface area contributed by atoms with Gasteiger partial charge in [-0.05, 0) is 18.6 Å². The molecule has 1 aromatic carbocycles. The number of benzene rings is 1. The zero-order valence-corrected chi connectivity index (χ0v) is 9.59. The molecule has 0 aromatic heterocycles. The van der Waals surface area contributed by atoms with Crippen LogP contribution in [0.25, 0.3) is 0 Å². The Morgan fingerprint density at radius 1 is 1.24 bits per heavy atom. The molecular weight excluding hydrogens is 261 g/mol. The van der Waals surface area contributed by atoms with Crippen LogP contribution in [-0.4, -0.2) is 30.9 Å². The zero-order chi connectivity index (χ0) is 13.7. The van der Waals surface area contributed by atoms with Gasteiger partial charge < -0.3 is 5.11 Å². The van der Waals surface area contributed by atoms with Crippen molar-refractivity contribution in [3.05, 3.63) is 29.8 Å². The van der Waals surface area contributed by atoms with E-state index in [9.17, 15) is 21.6 Å². The van der Waals surface area contributed by atoms with Gasteiger partial charge in [0.25, 0.3) is 10.1 Å².